The first kappa shape index (κ1) is 19.9. The summed E-state index contributed by atoms with van der Waals surface area (Å²) in [6.07, 6.45) is 2.34. The molecule has 2 N–H and O–H groups in total. The maximum absolute atomic E-state index is 12.0. The number of likely N-dealkylation sites (N-methyl/N-ethyl adjacent to an activating group) is 1. The molecule has 0 saturated heterocycles. The highest BCUT2D eigenvalue weighted by atomic mass is 32.2. The molecule has 0 aliphatic carbocycles. The highest BCUT2D eigenvalue weighted by molar-refractivity contribution is 7.90. The van der Waals surface area contributed by atoms with E-state index in [4.69, 9.17) is 4.74 Å². The number of aliphatic imine (C=N–C) groups is 1. The van der Waals surface area contributed by atoms with E-state index in [1.807, 2.05) is 0 Å². The lowest BCUT2D eigenvalue weighted by Crippen LogP contribution is -2.28. The minimum absolute atomic E-state index is 0.242. The Kier molecular flexibility index (Phi) is 7.14. The van der Waals surface area contributed by atoms with Crippen molar-refractivity contribution in [3.8, 4) is 0 Å². The van der Waals surface area contributed by atoms with Gasteiger partial charge in [-0.25, -0.2) is 8.42 Å². The van der Waals surface area contributed by atoms with E-state index < -0.39 is 16.0 Å². The van der Waals surface area contributed by atoms with Crippen LogP contribution in [0.4, 0.5) is 0 Å². The molecule has 0 atom stereocenters. The van der Waals surface area contributed by atoms with Gasteiger partial charge in [0.25, 0.3) is 15.9 Å². The molecule has 0 radical (unpaired) electrons. The SMILES string of the molecule is CCNC(=O)COC(=O)CCCCCN=C1NS(=O)(=O)c2ccccc21. The summed E-state index contributed by atoms with van der Waals surface area (Å²) in [5.41, 5.74) is 0.585. The van der Waals surface area contributed by atoms with Crippen molar-refractivity contribution in [2.24, 2.45) is 4.99 Å². The molecule has 1 aromatic rings. The summed E-state index contributed by atoms with van der Waals surface area (Å²) in [5.74, 6) is -0.349. The standard InChI is InChI=1S/C17H23N3O5S/c1-2-18-15(21)12-25-16(22)10-4-3-7-11-19-17-13-8-5-6-9-14(13)26(23,24)20-17/h5-6,8-9H,2-4,7,10-12H2,1H3,(H,18,21)(H,19,20). The summed E-state index contributed by atoms with van der Waals surface area (Å²) in [7, 11) is -3.51. The molecule has 9 heteroatoms. The number of esters is 1. The highest BCUT2D eigenvalue weighted by Gasteiger charge is 2.29. The Morgan fingerprint density at radius 1 is 1.19 bits per heavy atom. The van der Waals surface area contributed by atoms with Crippen molar-refractivity contribution < 1.29 is 22.7 Å². The first-order valence-corrected chi connectivity index (χ1v) is 10.0. The van der Waals surface area contributed by atoms with Crippen LogP contribution in [0.25, 0.3) is 0 Å². The molecule has 0 aromatic heterocycles. The molecule has 1 aliphatic rings. The minimum atomic E-state index is -3.51. The average Bonchev–Trinajstić information content (AvgIpc) is 2.87. The predicted octanol–water partition coefficient (Wildman–Crippen LogP) is 0.965. The Morgan fingerprint density at radius 3 is 2.73 bits per heavy atom. The second-order valence-corrected chi connectivity index (χ2v) is 7.41. The van der Waals surface area contributed by atoms with E-state index in [0.717, 1.165) is 12.8 Å². The van der Waals surface area contributed by atoms with Crippen LogP contribution in [0, 0.1) is 0 Å². The van der Waals surface area contributed by atoms with Gasteiger partial charge >= 0.3 is 5.97 Å². The molecule has 1 aromatic carbocycles. The van der Waals surface area contributed by atoms with E-state index in [9.17, 15) is 18.0 Å². The number of carbonyl (C=O) groups excluding carboxylic acids is 2. The number of amides is 1. The van der Waals surface area contributed by atoms with Crippen molar-refractivity contribution in [1.82, 2.24) is 10.0 Å². The van der Waals surface area contributed by atoms with Crippen LogP contribution in [-0.2, 0) is 24.3 Å². The van der Waals surface area contributed by atoms with Crippen molar-refractivity contribution in [2.75, 3.05) is 19.7 Å². The number of fused-ring (bicyclic) bond motifs is 1. The molecule has 2 rings (SSSR count). The van der Waals surface area contributed by atoms with E-state index in [0.29, 0.717) is 30.9 Å². The number of carbonyl (C=O) groups is 2. The van der Waals surface area contributed by atoms with Gasteiger partial charge in [0, 0.05) is 25.1 Å². The molecule has 1 amide bonds. The third-order valence-corrected chi connectivity index (χ3v) is 5.11. The lowest BCUT2D eigenvalue weighted by molar-refractivity contribution is -0.148. The number of benzene rings is 1. The Bertz CT molecular complexity index is 789. The van der Waals surface area contributed by atoms with Crippen molar-refractivity contribution >= 4 is 27.7 Å². The average molecular weight is 381 g/mol. The lowest BCUT2D eigenvalue weighted by atomic mass is 10.2. The number of rotatable bonds is 9. The summed E-state index contributed by atoms with van der Waals surface area (Å²) in [5, 5.41) is 2.54. The number of amidine groups is 1. The molecule has 142 valence electrons. The summed E-state index contributed by atoms with van der Waals surface area (Å²) in [6, 6.07) is 6.71. The van der Waals surface area contributed by atoms with Crippen molar-refractivity contribution in [1.29, 1.82) is 0 Å². The summed E-state index contributed by atoms with van der Waals surface area (Å²) in [6.45, 7) is 2.50. The smallest absolute Gasteiger partial charge is 0.306 e. The normalized spacial score (nSPS) is 16.0. The van der Waals surface area contributed by atoms with Gasteiger partial charge in [-0.2, -0.15) is 0 Å². The zero-order valence-electron chi connectivity index (χ0n) is 14.7. The van der Waals surface area contributed by atoms with Crippen LogP contribution in [0.2, 0.25) is 0 Å². The molecular formula is C17H23N3O5S. The second kappa shape index (κ2) is 9.33. The van der Waals surface area contributed by atoms with E-state index in [2.05, 4.69) is 15.0 Å². The number of sulfonamides is 1. The van der Waals surface area contributed by atoms with Crippen molar-refractivity contribution in [3.05, 3.63) is 29.8 Å². The molecule has 8 nitrogen and oxygen atoms in total. The Balaban J connectivity index is 1.68. The number of nitrogens with zero attached hydrogens (tertiary/aromatic N) is 1. The van der Waals surface area contributed by atoms with E-state index in [1.54, 1.807) is 31.2 Å². The van der Waals surface area contributed by atoms with Crippen LogP contribution in [0.3, 0.4) is 0 Å². The van der Waals surface area contributed by atoms with Crippen LogP contribution in [-0.4, -0.2) is 45.8 Å². The van der Waals surface area contributed by atoms with Gasteiger partial charge in [-0.1, -0.05) is 18.6 Å². The first-order chi connectivity index (χ1) is 12.4. The fourth-order valence-corrected chi connectivity index (χ4v) is 3.72. The van der Waals surface area contributed by atoms with E-state index in [1.165, 1.54) is 0 Å². The molecule has 1 heterocycles. The first-order valence-electron chi connectivity index (χ1n) is 8.53. The molecule has 1 aliphatic heterocycles. The van der Waals surface area contributed by atoms with Gasteiger partial charge in [0.2, 0.25) is 0 Å². The van der Waals surface area contributed by atoms with Gasteiger partial charge in [0.15, 0.2) is 6.61 Å². The highest BCUT2D eigenvalue weighted by Crippen LogP contribution is 2.22. The van der Waals surface area contributed by atoms with Crippen molar-refractivity contribution in [2.45, 2.75) is 37.5 Å². The van der Waals surface area contributed by atoms with E-state index >= 15 is 0 Å². The number of ether oxygens (including phenoxy) is 1. The van der Waals surface area contributed by atoms with Crippen LogP contribution < -0.4 is 10.0 Å². The maximum atomic E-state index is 12.0. The van der Waals surface area contributed by atoms with Crippen LogP contribution in [0.5, 0.6) is 0 Å². The quantitative estimate of drug-likeness (QED) is 0.489. The number of hydrogen-bond donors (Lipinski definition) is 2. The number of hydrogen-bond acceptors (Lipinski definition) is 6. The molecule has 26 heavy (non-hydrogen) atoms. The molecule has 0 spiro atoms. The fraction of sp³-hybridized carbons (Fsp3) is 0.471. The van der Waals surface area contributed by atoms with Gasteiger partial charge in [-0.3, -0.25) is 19.3 Å². The Morgan fingerprint density at radius 2 is 1.96 bits per heavy atom. The van der Waals surface area contributed by atoms with Gasteiger partial charge < -0.3 is 10.1 Å². The van der Waals surface area contributed by atoms with Gasteiger partial charge in [0.05, 0.1) is 4.90 Å². The topological polar surface area (TPSA) is 114 Å². The zero-order chi connectivity index (χ0) is 19.0. The zero-order valence-corrected chi connectivity index (χ0v) is 15.5. The molecule has 0 bridgehead atoms. The predicted molar refractivity (Wildman–Crippen MR) is 96.3 cm³/mol. The Labute approximate surface area is 153 Å². The van der Waals surface area contributed by atoms with E-state index in [-0.39, 0.29) is 23.8 Å². The number of nitrogens with one attached hydrogen (secondary N) is 2. The molecule has 0 unspecified atom stereocenters. The molecular weight excluding hydrogens is 358 g/mol. The molecule has 0 saturated carbocycles. The maximum Gasteiger partial charge on any atom is 0.306 e. The van der Waals surface area contributed by atoms with Crippen LogP contribution in [0.1, 0.15) is 38.2 Å². The van der Waals surface area contributed by atoms with Gasteiger partial charge in [-0.05, 0) is 31.9 Å². The lowest BCUT2D eigenvalue weighted by Gasteiger charge is -2.04. The third kappa shape index (κ3) is 5.55. The van der Waals surface area contributed by atoms with Crippen molar-refractivity contribution in [3.63, 3.8) is 0 Å². The molecule has 0 fully saturated rings. The monoisotopic (exact) mass is 381 g/mol. The summed E-state index contributed by atoms with van der Waals surface area (Å²) < 4.78 is 31.2. The Hall–Kier alpha value is -2.42. The van der Waals surface area contributed by atoms with Gasteiger partial charge in [0.1, 0.15) is 5.84 Å². The number of unbranched alkanes of at least 4 members (excludes halogenated alkanes) is 2. The fourth-order valence-electron chi connectivity index (χ4n) is 2.47. The second-order valence-electron chi connectivity index (χ2n) is 5.76. The summed E-state index contributed by atoms with van der Waals surface area (Å²) in [4.78, 5) is 27.2. The largest absolute Gasteiger partial charge is 0.456 e. The van der Waals surface area contributed by atoms with Crippen LogP contribution >= 0.6 is 0 Å². The van der Waals surface area contributed by atoms with Gasteiger partial charge in [-0.15, -0.1) is 0 Å². The third-order valence-electron chi connectivity index (χ3n) is 3.71. The van der Waals surface area contributed by atoms with Crippen LogP contribution in [0.15, 0.2) is 34.2 Å². The summed E-state index contributed by atoms with van der Waals surface area (Å²) >= 11 is 0. The minimum Gasteiger partial charge on any atom is -0.456 e.